The second kappa shape index (κ2) is 3.27. The Labute approximate surface area is 78.7 Å². The second-order valence-corrected chi connectivity index (χ2v) is 4.80. The van der Waals surface area contributed by atoms with E-state index in [1.54, 1.807) is 0 Å². The minimum Gasteiger partial charge on any atom is -0.387 e. The summed E-state index contributed by atoms with van der Waals surface area (Å²) in [5.74, 6) is -0.0866. The molecule has 0 atom stereocenters. The van der Waals surface area contributed by atoms with Crippen LogP contribution in [0.25, 0.3) is 0 Å². The highest BCUT2D eigenvalue weighted by atomic mass is 16.3. The number of nitrogens with one attached hydrogen (secondary N) is 2. The summed E-state index contributed by atoms with van der Waals surface area (Å²) in [5, 5.41) is 15.4. The topological polar surface area (TPSA) is 61.4 Å². The number of carbonyl (C=O) groups excluding carboxylic acids is 1. The van der Waals surface area contributed by atoms with Gasteiger partial charge in [0.15, 0.2) is 0 Å². The van der Waals surface area contributed by atoms with Crippen molar-refractivity contribution in [2.75, 3.05) is 13.1 Å². The van der Waals surface area contributed by atoms with E-state index in [0.717, 1.165) is 0 Å². The van der Waals surface area contributed by atoms with Gasteiger partial charge in [-0.25, -0.2) is 0 Å². The molecule has 1 aliphatic heterocycles. The molecule has 0 aliphatic carbocycles. The maximum absolute atomic E-state index is 11.4. The smallest absolute Gasteiger partial charge is 0.223 e. The molecule has 0 bridgehead atoms. The molecule has 1 rings (SSSR count). The molecular formula is C9H18N2O2. The van der Waals surface area contributed by atoms with E-state index in [2.05, 4.69) is 10.6 Å². The molecule has 0 unspecified atom stereocenters. The summed E-state index contributed by atoms with van der Waals surface area (Å²) < 4.78 is 0. The summed E-state index contributed by atoms with van der Waals surface area (Å²) in [4.78, 5) is 11.4. The van der Waals surface area contributed by atoms with Crippen LogP contribution in [0.1, 0.15) is 27.2 Å². The molecule has 0 aromatic rings. The Morgan fingerprint density at radius 2 is 2.08 bits per heavy atom. The molecule has 1 saturated heterocycles. The van der Waals surface area contributed by atoms with Gasteiger partial charge in [-0.1, -0.05) is 0 Å². The average molecular weight is 186 g/mol. The van der Waals surface area contributed by atoms with E-state index in [1.807, 2.05) is 20.8 Å². The summed E-state index contributed by atoms with van der Waals surface area (Å²) in [7, 11) is 0. The predicted molar refractivity (Wildman–Crippen MR) is 50.3 cm³/mol. The predicted octanol–water partition coefficient (Wildman–Crippen LogP) is -0.374. The van der Waals surface area contributed by atoms with Crippen LogP contribution >= 0.6 is 0 Å². The first-order valence-electron chi connectivity index (χ1n) is 4.55. The van der Waals surface area contributed by atoms with Gasteiger partial charge in [0, 0.05) is 18.6 Å². The Bertz CT molecular complexity index is 204. The first kappa shape index (κ1) is 10.5. The minimum absolute atomic E-state index is 0.0866. The van der Waals surface area contributed by atoms with Crippen LogP contribution in [-0.4, -0.2) is 35.2 Å². The normalized spacial score (nSPS) is 20.6. The third-order valence-electron chi connectivity index (χ3n) is 1.91. The van der Waals surface area contributed by atoms with Crippen LogP contribution in [0.3, 0.4) is 0 Å². The lowest BCUT2D eigenvalue weighted by molar-refractivity contribution is -0.129. The van der Waals surface area contributed by atoms with Crippen molar-refractivity contribution in [3.63, 3.8) is 0 Å². The zero-order valence-electron chi connectivity index (χ0n) is 8.48. The summed E-state index contributed by atoms with van der Waals surface area (Å²) in [6.45, 7) is 6.81. The molecule has 13 heavy (non-hydrogen) atoms. The molecule has 1 amide bonds. The van der Waals surface area contributed by atoms with Crippen LogP contribution in [0.4, 0.5) is 0 Å². The number of rotatable bonds is 2. The van der Waals surface area contributed by atoms with E-state index in [4.69, 9.17) is 0 Å². The molecule has 4 nitrogen and oxygen atoms in total. The lowest BCUT2D eigenvalue weighted by Gasteiger charge is -2.37. The average Bonchev–Trinajstić information content (AvgIpc) is 1.79. The summed E-state index contributed by atoms with van der Waals surface area (Å²) >= 11 is 0. The second-order valence-electron chi connectivity index (χ2n) is 4.80. The Balaban J connectivity index is 2.33. The van der Waals surface area contributed by atoms with Crippen molar-refractivity contribution in [2.45, 2.75) is 38.3 Å². The van der Waals surface area contributed by atoms with Crippen LogP contribution in [0, 0.1) is 0 Å². The van der Waals surface area contributed by atoms with Gasteiger partial charge in [0.2, 0.25) is 5.91 Å². The van der Waals surface area contributed by atoms with Crippen LogP contribution in [0.15, 0.2) is 0 Å². The molecule has 0 aromatic heterocycles. The molecule has 76 valence electrons. The van der Waals surface area contributed by atoms with Crippen molar-refractivity contribution >= 4 is 5.91 Å². The standard InChI is InChI=1S/C9H18N2O2/c1-8(2,3)11-7(12)4-9(13)5-10-6-9/h10,13H,4-6H2,1-3H3,(H,11,12). The third kappa shape index (κ3) is 3.32. The first-order chi connectivity index (χ1) is 5.81. The Morgan fingerprint density at radius 1 is 1.54 bits per heavy atom. The van der Waals surface area contributed by atoms with E-state index >= 15 is 0 Å². The fraction of sp³-hybridized carbons (Fsp3) is 0.889. The van der Waals surface area contributed by atoms with Crippen molar-refractivity contribution in [1.82, 2.24) is 10.6 Å². The van der Waals surface area contributed by atoms with Crippen LogP contribution in [0.2, 0.25) is 0 Å². The molecule has 0 aromatic carbocycles. The zero-order valence-corrected chi connectivity index (χ0v) is 8.48. The van der Waals surface area contributed by atoms with Gasteiger partial charge in [-0.05, 0) is 20.8 Å². The van der Waals surface area contributed by atoms with Gasteiger partial charge in [0.05, 0.1) is 12.0 Å². The molecule has 0 spiro atoms. The fourth-order valence-electron chi connectivity index (χ4n) is 1.30. The van der Waals surface area contributed by atoms with Crippen molar-refractivity contribution in [1.29, 1.82) is 0 Å². The van der Waals surface area contributed by atoms with Gasteiger partial charge >= 0.3 is 0 Å². The van der Waals surface area contributed by atoms with Gasteiger partial charge < -0.3 is 15.7 Å². The molecule has 1 heterocycles. The molecule has 0 radical (unpaired) electrons. The van der Waals surface area contributed by atoms with Gasteiger partial charge in [0.1, 0.15) is 0 Å². The quantitative estimate of drug-likeness (QED) is 0.551. The highest BCUT2D eigenvalue weighted by Crippen LogP contribution is 2.15. The molecule has 0 saturated carbocycles. The molecule has 3 N–H and O–H groups in total. The molecular weight excluding hydrogens is 168 g/mol. The van der Waals surface area contributed by atoms with Crippen LogP contribution < -0.4 is 10.6 Å². The molecule has 4 heteroatoms. The van der Waals surface area contributed by atoms with Gasteiger partial charge in [-0.15, -0.1) is 0 Å². The lowest BCUT2D eigenvalue weighted by atomic mass is 9.92. The zero-order chi connectivity index (χ0) is 10.1. The van der Waals surface area contributed by atoms with E-state index in [-0.39, 0.29) is 17.9 Å². The van der Waals surface area contributed by atoms with Crippen molar-refractivity contribution in [3.8, 4) is 0 Å². The Hall–Kier alpha value is -0.610. The van der Waals surface area contributed by atoms with Crippen LogP contribution in [-0.2, 0) is 4.79 Å². The number of hydrogen-bond donors (Lipinski definition) is 3. The number of carbonyl (C=O) groups is 1. The Kier molecular flexibility index (Phi) is 2.63. The summed E-state index contributed by atoms with van der Waals surface area (Å²) in [6, 6.07) is 0. The first-order valence-corrected chi connectivity index (χ1v) is 4.55. The number of β-amino-alcohol motifs (C(OH)–C–C–N with tert-alkyl or cyclic N) is 1. The summed E-state index contributed by atoms with van der Waals surface area (Å²) in [6.07, 6.45) is 0.192. The van der Waals surface area contributed by atoms with Crippen LogP contribution in [0.5, 0.6) is 0 Å². The largest absolute Gasteiger partial charge is 0.387 e. The maximum atomic E-state index is 11.4. The molecule has 1 fully saturated rings. The third-order valence-corrected chi connectivity index (χ3v) is 1.91. The highest BCUT2D eigenvalue weighted by molar-refractivity contribution is 5.78. The van der Waals surface area contributed by atoms with Gasteiger partial charge in [-0.3, -0.25) is 4.79 Å². The van der Waals surface area contributed by atoms with Gasteiger partial charge in [-0.2, -0.15) is 0 Å². The maximum Gasteiger partial charge on any atom is 0.223 e. The Morgan fingerprint density at radius 3 is 2.38 bits per heavy atom. The van der Waals surface area contributed by atoms with Crippen molar-refractivity contribution < 1.29 is 9.90 Å². The number of amides is 1. The summed E-state index contributed by atoms with van der Waals surface area (Å²) in [5.41, 5.74) is -1.03. The molecule has 1 aliphatic rings. The highest BCUT2D eigenvalue weighted by Gasteiger charge is 2.36. The van der Waals surface area contributed by atoms with Crippen molar-refractivity contribution in [2.24, 2.45) is 0 Å². The van der Waals surface area contributed by atoms with E-state index in [0.29, 0.717) is 13.1 Å². The van der Waals surface area contributed by atoms with E-state index < -0.39 is 5.60 Å². The van der Waals surface area contributed by atoms with E-state index in [1.165, 1.54) is 0 Å². The van der Waals surface area contributed by atoms with E-state index in [9.17, 15) is 9.90 Å². The number of hydrogen-bond acceptors (Lipinski definition) is 3. The van der Waals surface area contributed by atoms with Gasteiger partial charge in [0.25, 0.3) is 0 Å². The minimum atomic E-state index is -0.810. The number of aliphatic hydroxyl groups is 1. The SMILES string of the molecule is CC(C)(C)NC(=O)CC1(O)CNC1. The lowest BCUT2D eigenvalue weighted by Crippen LogP contribution is -2.61. The van der Waals surface area contributed by atoms with Crippen molar-refractivity contribution in [3.05, 3.63) is 0 Å². The monoisotopic (exact) mass is 186 g/mol. The fourth-order valence-corrected chi connectivity index (χ4v) is 1.30.